The second-order valence-electron chi connectivity index (χ2n) is 22.7. The molecule has 0 spiro atoms. The number of pyridine rings is 8. The van der Waals surface area contributed by atoms with Crippen LogP contribution < -0.4 is 56.7 Å². The van der Waals surface area contributed by atoms with Crippen molar-refractivity contribution in [1.82, 2.24) is 38.2 Å². The van der Waals surface area contributed by atoms with E-state index in [0.29, 0.717) is 57.6 Å². The zero-order chi connectivity index (χ0) is 74.6. The number of ether oxygens (including phenoxy) is 4. The van der Waals surface area contributed by atoms with Gasteiger partial charge in [0, 0.05) is 154 Å². The van der Waals surface area contributed by atoms with Crippen molar-refractivity contribution in [3.63, 3.8) is 0 Å². The van der Waals surface area contributed by atoms with E-state index in [0.717, 1.165) is 37.6 Å². The number of carbonyl (C=O) groups excluding carboxylic acids is 3. The van der Waals surface area contributed by atoms with Crippen LogP contribution in [-0.4, -0.2) is 142 Å². The van der Waals surface area contributed by atoms with Crippen LogP contribution in [0.25, 0.3) is 44.1 Å². The summed E-state index contributed by atoms with van der Waals surface area (Å²) in [6.45, 7) is 10.7. The first-order valence-electron chi connectivity index (χ1n) is 30.2. The minimum Gasteiger partial charge on any atom is -0.870 e. The van der Waals surface area contributed by atoms with Gasteiger partial charge in [-0.1, -0.05) is 68.1 Å². The number of halogens is 5. The molecule has 2 aromatic carbocycles. The van der Waals surface area contributed by atoms with Crippen LogP contribution in [0.3, 0.4) is 0 Å². The first-order valence-corrected chi connectivity index (χ1v) is 35.3. The van der Waals surface area contributed by atoms with E-state index < -0.39 is 68.6 Å². The molecule has 10 aromatic rings. The van der Waals surface area contributed by atoms with Crippen LogP contribution in [0, 0.1) is 0 Å². The van der Waals surface area contributed by atoms with Crippen LogP contribution in [0.4, 0.5) is 0 Å². The number of aromatic nitrogens is 8. The molecule has 37 heteroatoms. The maximum Gasteiger partial charge on any atom is 1.00 e. The van der Waals surface area contributed by atoms with Crippen molar-refractivity contribution in [1.29, 1.82) is 0 Å². The van der Waals surface area contributed by atoms with Crippen molar-refractivity contribution < 1.29 is 96.9 Å². The van der Waals surface area contributed by atoms with E-state index in [-0.39, 0.29) is 101 Å². The van der Waals surface area contributed by atoms with Crippen molar-refractivity contribution in [2.24, 2.45) is 28.2 Å². The molecule has 0 bridgehead atoms. The molecule has 12 rings (SSSR count). The number of nitrogens with zero attached hydrogens (tertiary/aromatic N) is 8. The number of carboxylic acid groups (broad SMARTS) is 1. The minimum absolute atomic E-state index is 0. The van der Waals surface area contributed by atoms with Gasteiger partial charge in [0.1, 0.15) is 58.1 Å². The van der Waals surface area contributed by atoms with Gasteiger partial charge in [-0.3, -0.25) is 19.2 Å². The van der Waals surface area contributed by atoms with Crippen LogP contribution >= 0.6 is 69.2 Å². The third-order valence-corrected chi connectivity index (χ3v) is 16.3. The molecule has 0 aliphatic carbocycles. The van der Waals surface area contributed by atoms with Crippen LogP contribution in [0.15, 0.2) is 167 Å². The van der Waals surface area contributed by atoms with E-state index in [2.05, 4.69) is 105 Å². The first-order chi connectivity index (χ1) is 47.7. The molecule has 5 radical (unpaired) electrons. The van der Waals surface area contributed by atoms with E-state index >= 15 is 0 Å². The molecule has 3 N–H and O–H groups in total. The molecule has 2 saturated heterocycles. The monoisotopic (exact) mass is 1680 g/mol. The summed E-state index contributed by atoms with van der Waals surface area (Å²) in [5.74, 6) is -3.16. The van der Waals surface area contributed by atoms with Gasteiger partial charge in [-0.2, -0.15) is 0 Å². The summed E-state index contributed by atoms with van der Waals surface area (Å²) in [5.41, 5.74) is 1.28. The van der Waals surface area contributed by atoms with Crippen molar-refractivity contribution in [3.05, 3.63) is 222 Å². The zero-order valence-corrected chi connectivity index (χ0v) is 66.3. The molecule has 2 aliphatic rings. The standard InChI is InChI=1S/C23H25BN2O5.C17H13BrN2O3.C12H11BrN2O3.C10H7BrN2O3.C4H8O2.CH4.B3.Cl2OS.Na.H2O/c1-22(2)23(3,4)31-24(30-22)16-11-17-19(27)18(13-26(5)20(17)25-12-16)21(28)29-14-15-9-7-6-8-10-15;1-20-9-14(15(21)13-7-12(18)8-19-16(13)20)17(22)23-10-11-5-3-2-4-6-11;1-3-18-12(17)9-6-15(2)11-8(10(9)16)4-7(13)5-14-11;1-13-4-7(10(15)16)8(14)6-2-5(11)3-12-9(6)13;5-4-2-1-3-6-4;;1-3-2;1-4(2)3;;/h6-13H,14H2,1-5H3;2-9H,10H2,1H3;4-6H,3H2,1-2H3;2-4H,1H3,(H,15,16);4-5H,1-3H2;1H4;;;;1H2/q;;;;;;;;+1;/p-1. The average molecular weight is 1680 g/mol. The topological polar surface area (TPSA) is 351 Å². The number of fused-ring (bicyclic) bond motifs is 4. The SMILES string of the molecule is C.CCOC(=O)c1cn(C)c2ncc(Br)cc2c1=O.Cn1cc(C(=O)O)c(=O)c2cc(Br)cnc21.Cn1cc(C(=O)OCc2ccccc2)c(=O)c2cc(B3OC(C)(C)C(C)(C)O3)cnc21.Cn1cc(C(=O)OCc2ccccc2)c(=O)c2cc(Br)cnc21.O=S(Cl)Cl.OC1CCCO1.[B][B][B].[Na+].[OH-]. The van der Waals surface area contributed by atoms with Gasteiger partial charge in [-0.25, -0.2) is 43.3 Å². The second kappa shape index (κ2) is 42.4. The third-order valence-electron chi connectivity index (χ3n) is 15.0. The second-order valence-corrected chi connectivity index (χ2v) is 28.0. The van der Waals surface area contributed by atoms with Crippen LogP contribution in [0.1, 0.15) is 107 Å². The van der Waals surface area contributed by atoms with Gasteiger partial charge in [0.2, 0.25) is 30.9 Å². The fourth-order valence-corrected chi connectivity index (χ4v) is 10.5. The third kappa shape index (κ3) is 24.8. The van der Waals surface area contributed by atoms with Gasteiger partial charge >= 0.3 is 60.6 Å². The predicted molar refractivity (Wildman–Crippen MR) is 408 cm³/mol. The summed E-state index contributed by atoms with van der Waals surface area (Å²) in [6, 6.07) is 25.2. The normalized spacial score (nSPS) is 13.4. The summed E-state index contributed by atoms with van der Waals surface area (Å²) in [6.07, 6.45) is 13.4. The minimum atomic E-state index is -1.67. The van der Waals surface area contributed by atoms with Gasteiger partial charge in [-0.15, -0.1) is 0 Å². The summed E-state index contributed by atoms with van der Waals surface area (Å²) in [7, 11) is 23.5. The van der Waals surface area contributed by atoms with E-state index in [9.17, 15) is 38.4 Å². The van der Waals surface area contributed by atoms with Crippen molar-refractivity contribution in [2.75, 3.05) is 13.2 Å². The van der Waals surface area contributed by atoms with Crippen molar-refractivity contribution in [2.45, 2.75) is 85.6 Å². The number of carboxylic acids is 1. The average Bonchev–Trinajstić information content (AvgIpc) is 1.58. The summed E-state index contributed by atoms with van der Waals surface area (Å²) in [5, 5.41) is 18.7. The van der Waals surface area contributed by atoms with Gasteiger partial charge in [-0.05, 0) is 124 Å². The molecule has 0 amide bonds. The Morgan fingerprint density at radius 1 is 0.606 bits per heavy atom. The maximum absolute atomic E-state index is 13.1. The summed E-state index contributed by atoms with van der Waals surface area (Å²) in [4.78, 5) is 114. The number of aliphatic hydroxyl groups excluding tert-OH is 1. The van der Waals surface area contributed by atoms with E-state index in [1.54, 1.807) is 97.9 Å². The van der Waals surface area contributed by atoms with Crippen LogP contribution in [-0.2, 0) is 78.9 Å². The number of carbonyl (C=O) groups is 4. The van der Waals surface area contributed by atoms with Gasteiger partial charge < -0.3 is 62.2 Å². The Morgan fingerprint density at radius 2 is 0.913 bits per heavy atom. The van der Waals surface area contributed by atoms with Gasteiger partial charge in [0.05, 0.1) is 39.4 Å². The Hall–Kier alpha value is -7.01. The smallest absolute Gasteiger partial charge is 0.870 e. The number of hydrogen-bond donors (Lipinski definition) is 2. The van der Waals surface area contributed by atoms with Crippen LogP contribution in [0.5, 0.6) is 0 Å². The summed E-state index contributed by atoms with van der Waals surface area (Å²) >= 11 is 9.74. The van der Waals surface area contributed by atoms with Crippen LogP contribution in [0.2, 0.25) is 0 Å². The first kappa shape index (κ1) is 91.2. The zero-order valence-electron chi connectivity index (χ0n) is 57.2. The molecule has 2 fully saturated rings. The maximum atomic E-state index is 13.1. The molecule has 104 heavy (non-hydrogen) atoms. The number of aromatic carboxylic acids is 1. The number of esters is 3. The summed E-state index contributed by atoms with van der Waals surface area (Å²) < 4.78 is 49.8. The molecule has 1 atom stereocenters. The molecule has 8 aromatic heterocycles. The van der Waals surface area contributed by atoms with E-state index in [1.165, 1.54) is 29.4 Å². The van der Waals surface area contributed by atoms with Crippen molar-refractivity contribution >= 4 is 182 Å². The predicted octanol–water partition coefficient (Wildman–Crippen LogP) is 6.39. The molecule has 10 heterocycles. The molecule has 539 valence electrons. The number of aryl methyl sites for hydroxylation is 4. The Labute approximate surface area is 660 Å². The number of benzene rings is 2. The molecule has 1 unspecified atom stereocenters. The quantitative estimate of drug-likeness (QED) is 0.0648. The number of hydrogen-bond acceptors (Lipinski definition) is 21. The molecular weight excluding hydrogens is 1610 g/mol. The van der Waals surface area contributed by atoms with Crippen molar-refractivity contribution in [3.8, 4) is 0 Å². The van der Waals surface area contributed by atoms with E-state index in [1.807, 2.05) is 88.4 Å². The Morgan fingerprint density at radius 3 is 1.21 bits per heavy atom. The Kier molecular flexibility index (Phi) is 37.1. The van der Waals surface area contributed by atoms with Gasteiger partial charge in [0.15, 0.2) is 6.29 Å². The molecule has 2 aliphatic heterocycles. The Balaban J connectivity index is 0.000000344. The molecule has 26 nitrogen and oxygen atoms in total. The molecular formula is C67H69B4Br3Cl2N8NaO18S. The van der Waals surface area contributed by atoms with E-state index in [4.69, 9.17) is 42.7 Å². The molecule has 0 saturated carbocycles. The number of aliphatic hydroxyl groups is 1. The number of rotatable bonds is 10. The fraction of sp³-hybridized carbons (Fsp3) is 0.284. The van der Waals surface area contributed by atoms with Gasteiger partial charge in [0.25, 0.3) is 0 Å². The fourth-order valence-electron chi connectivity index (χ4n) is 9.46. The largest absolute Gasteiger partial charge is 1.00 e. The Bertz CT molecular complexity index is 4920.